The number of halogens is 1. The van der Waals surface area contributed by atoms with E-state index < -0.39 is 5.82 Å². The number of benzene rings is 1. The Morgan fingerprint density at radius 2 is 1.81 bits per heavy atom. The fourth-order valence-electron chi connectivity index (χ4n) is 1.52. The van der Waals surface area contributed by atoms with Gasteiger partial charge in [-0.3, -0.25) is 4.79 Å². The Hall–Kier alpha value is -1.38. The van der Waals surface area contributed by atoms with Crippen LogP contribution >= 0.6 is 0 Å². The second-order valence-electron chi connectivity index (χ2n) is 5.12. The highest BCUT2D eigenvalue weighted by molar-refractivity contribution is 5.94. The van der Waals surface area contributed by atoms with Crippen LogP contribution in [-0.4, -0.2) is 24.9 Å². The molecule has 0 saturated heterocycles. The number of hydrogen-bond acceptors (Lipinski definition) is 1. The zero-order valence-electron chi connectivity index (χ0n) is 10.5. The summed E-state index contributed by atoms with van der Waals surface area (Å²) in [6, 6.07) is 4.97. The van der Waals surface area contributed by atoms with Crippen LogP contribution in [-0.2, 0) is 5.41 Å². The van der Waals surface area contributed by atoms with Gasteiger partial charge < -0.3 is 4.90 Å². The van der Waals surface area contributed by atoms with Crippen molar-refractivity contribution in [2.45, 2.75) is 26.2 Å². The van der Waals surface area contributed by atoms with Crippen LogP contribution < -0.4 is 0 Å². The molecule has 0 radical (unpaired) electrons. The molecular formula is C13H18FNO. The van der Waals surface area contributed by atoms with Crippen LogP contribution in [0.1, 0.15) is 36.7 Å². The Kier molecular flexibility index (Phi) is 3.36. The minimum Gasteiger partial charge on any atom is -0.345 e. The summed E-state index contributed by atoms with van der Waals surface area (Å²) < 4.78 is 14.1. The molecule has 0 N–H and O–H groups in total. The van der Waals surface area contributed by atoms with Crippen LogP contribution in [0.15, 0.2) is 18.2 Å². The number of carbonyl (C=O) groups excluding carboxylic acids is 1. The molecule has 88 valence electrons. The Morgan fingerprint density at radius 1 is 1.25 bits per heavy atom. The van der Waals surface area contributed by atoms with E-state index in [1.807, 2.05) is 20.8 Å². The third kappa shape index (κ3) is 2.40. The van der Waals surface area contributed by atoms with E-state index in [9.17, 15) is 9.18 Å². The molecule has 0 heterocycles. The molecule has 0 bridgehead atoms. The SMILES string of the molecule is CN(C)C(=O)c1cccc(C(C)(C)C)c1F. The number of hydrogen-bond donors (Lipinski definition) is 0. The molecule has 0 unspecified atom stereocenters. The zero-order valence-corrected chi connectivity index (χ0v) is 10.5. The molecule has 0 aliphatic carbocycles. The Labute approximate surface area is 96.1 Å². The van der Waals surface area contributed by atoms with Crippen LogP contribution in [0.3, 0.4) is 0 Å². The molecule has 0 aromatic heterocycles. The van der Waals surface area contributed by atoms with Crippen molar-refractivity contribution >= 4 is 5.91 Å². The fraction of sp³-hybridized carbons (Fsp3) is 0.462. The van der Waals surface area contributed by atoms with E-state index in [1.54, 1.807) is 26.2 Å². The van der Waals surface area contributed by atoms with Gasteiger partial charge in [0.1, 0.15) is 5.82 Å². The molecule has 2 nitrogen and oxygen atoms in total. The van der Waals surface area contributed by atoms with Crippen molar-refractivity contribution in [1.29, 1.82) is 0 Å². The summed E-state index contributed by atoms with van der Waals surface area (Å²) in [7, 11) is 3.23. The first-order valence-electron chi connectivity index (χ1n) is 5.26. The van der Waals surface area contributed by atoms with Crippen molar-refractivity contribution < 1.29 is 9.18 Å². The van der Waals surface area contributed by atoms with Gasteiger partial charge in [0.05, 0.1) is 5.56 Å². The summed E-state index contributed by atoms with van der Waals surface area (Å²) in [5, 5.41) is 0. The lowest BCUT2D eigenvalue weighted by Crippen LogP contribution is -2.24. The molecule has 0 aliphatic heterocycles. The van der Waals surface area contributed by atoms with Crippen LogP contribution in [0.5, 0.6) is 0 Å². The predicted octanol–water partition coefficient (Wildman–Crippen LogP) is 2.83. The molecule has 1 aromatic carbocycles. The standard InChI is InChI=1S/C13H18FNO/c1-13(2,3)10-8-6-7-9(11(10)14)12(16)15(4)5/h6-8H,1-5H3. The van der Waals surface area contributed by atoms with E-state index in [0.717, 1.165) is 0 Å². The first kappa shape index (κ1) is 12.7. The molecule has 0 aliphatic rings. The maximum Gasteiger partial charge on any atom is 0.256 e. The van der Waals surface area contributed by atoms with E-state index in [-0.39, 0.29) is 16.9 Å². The summed E-state index contributed by atoms with van der Waals surface area (Å²) in [5.74, 6) is -0.711. The van der Waals surface area contributed by atoms with Gasteiger partial charge in [-0.1, -0.05) is 32.9 Å². The molecule has 0 atom stereocenters. The maximum atomic E-state index is 14.1. The van der Waals surface area contributed by atoms with Crippen molar-refractivity contribution in [3.63, 3.8) is 0 Å². The lowest BCUT2D eigenvalue weighted by Gasteiger charge is -2.21. The number of nitrogens with zero attached hydrogens (tertiary/aromatic N) is 1. The van der Waals surface area contributed by atoms with Gasteiger partial charge >= 0.3 is 0 Å². The smallest absolute Gasteiger partial charge is 0.256 e. The second-order valence-corrected chi connectivity index (χ2v) is 5.12. The lowest BCUT2D eigenvalue weighted by molar-refractivity contribution is 0.0822. The van der Waals surface area contributed by atoms with E-state index in [4.69, 9.17) is 0 Å². The average molecular weight is 223 g/mol. The van der Waals surface area contributed by atoms with E-state index in [1.165, 1.54) is 11.0 Å². The topological polar surface area (TPSA) is 20.3 Å². The van der Waals surface area contributed by atoms with E-state index in [2.05, 4.69) is 0 Å². The van der Waals surface area contributed by atoms with Crippen molar-refractivity contribution in [2.24, 2.45) is 0 Å². The molecule has 16 heavy (non-hydrogen) atoms. The minimum atomic E-state index is -0.409. The number of carbonyl (C=O) groups is 1. The highest BCUT2D eigenvalue weighted by Crippen LogP contribution is 2.27. The quantitative estimate of drug-likeness (QED) is 0.717. The van der Waals surface area contributed by atoms with Gasteiger partial charge in [0, 0.05) is 14.1 Å². The summed E-state index contributed by atoms with van der Waals surface area (Å²) in [5.41, 5.74) is 0.407. The van der Waals surface area contributed by atoms with Gasteiger partial charge in [0.25, 0.3) is 5.91 Å². The highest BCUT2D eigenvalue weighted by atomic mass is 19.1. The average Bonchev–Trinajstić information content (AvgIpc) is 2.15. The van der Waals surface area contributed by atoms with Crippen molar-refractivity contribution in [1.82, 2.24) is 4.90 Å². The molecular weight excluding hydrogens is 205 g/mol. The van der Waals surface area contributed by atoms with Gasteiger partial charge in [0.2, 0.25) is 0 Å². The monoisotopic (exact) mass is 223 g/mol. The summed E-state index contributed by atoms with van der Waals surface area (Å²) >= 11 is 0. The Morgan fingerprint density at radius 3 is 2.25 bits per heavy atom. The Bertz CT molecular complexity index is 405. The van der Waals surface area contributed by atoms with Gasteiger partial charge in [0.15, 0.2) is 0 Å². The summed E-state index contributed by atoms with van der Waals surface area (Å²) in [4.78, 5) is 13.1. The first-order chi connectivity index (χ1) is 7.25. The predicted molar refractivity (Wildman–Crippen MR) is 63.1 cm³/mol. The van der Waals surface area contributed by atoms with Gasteiger partial charge in [-0.25, -0.2) is 4.39 Å². The normalized spacial score (nSPS) is 11.4. The van der Waals surface area contributed by atoms with E-state index in [0.29, 0.717) is 5.56 Å². The Balaban J connectivity index is 3.30. The maximum absolute atomic E-state index is 14.1. The van der Waals surface area contributed by atoms with Crippen LogP contribution in [0.25, 0.3) is 0 Å². The van der Waals surface area contributed by atoms with Crippen molar-refractivity contribution in [2.75, 3.05) is 14.1 Å². The third-order valence-electron chi connectivity index (χ3n) is 2.44. The largest absolute Gasteiger partial charge is 0.345 e. The molecule has 0 fully saturated rings. The summed E-state index contributed by atoms with van der Waals surface area (Å²) in [6.45, 7) is 5.78. The van der Waals surface area contributed by atoms with Crippen LogP contribution in [0, 0.1) is 5.82 Å². The number of rotatable bonds is 1. The zero-order chi connectivity index (χ0) is 12.5. The van der Waals surface area contributed by atoms with Crippen molar-refractivity contribution in [3.8, 4) is 0 Å². The number of amides is 1. The molecule has 1 rings (SSSR count). The second kappa shape index (κ2) is 4.24. The first-order valence-corrected chi connectivity index (χ1v) is 5.26. The van der Waals surface area contributed by atoms with Crippen LogP contribution in [0.4, 0.5) is 4.39 Å². The molecule has 1 aromatic rings. The molecule has 0 saturated carbocycles. The molecule has 0 spiro atoms. The lowest BCUT2D eigenvalue weighted by atomic mass is 9.85. The fourth-order valence-corrected chi connectivity index (χ4v) is 1.52. The van der Waals surface area contributed by atoms with Crippen LogP contribution in [0.2, 0.25) is 0 Å². The molecule has 1 amide bonds. The molecule has 3 heteroatoms. The third-order valence-corrected chi connectivity index (χ3v) is 2.44. The minimum absolute atomic E-state index is 0.137. The van der Waals surface area contributed by atoms with Crippen molar-refractivity contribution in [3.05, 3.63) is 35.1 Å². The van der Waals surface area contributed by atoms with Gasteiger partial charge in [-0.05, 0) is 17.0 Å². The van der Waals surface area contributed by atoms with Gasteiger partial charge in [-0.15, -0.1) is 0 Å². The summed E-state index contributed by atoms with van der Waals surface area (Å²) in [6.07, 6.45) is 0. The van der Waals surface area contributed by atoms with Gasteiger partial charge in [-0.2, -0.15) is 0 Å². The van der Waals surface area contributed by atoms with E-state index >= 15 is 0 Å². The highest BCUT2D eigenvalue weighted by Gasteiger charge is 2.23.